The summed E-state index contributed by atoms with van der Waals surface area (Å²) in [6.07, 6.45) is 1.96. The fourth-order valence-electron chi connectivity index (χ4n) is 4.19. The van der Waals surface area contributed by atoms with Gasteiger partial charge in [-0.1, -0.05) is 36.4 Å². The number of nitrogens with one attached hydrogen (secondary N) is 2. The van der Waals surface area contributed by atoms with Crippen LogP contribution in [0, 0.1) is 10.1 Å². The van der Waals surface area contributed by atoms with Gasteiger partial charge >= 0.3 is 5.69 Å². The third kappa shape index (κ3) is 7.37. The molecule has 0 aliphatic carbocycles. The maximum absolute atomic E-state index is 12.0. The number of carbonyl (C=O) groups is 1. The molecule has 3 aromatic rings. The summed E-state index contributed by atoms with van der Waals surface area (Å²) in [6.45, 7) is 6.01. The monoisotopic (exact) mass is 505 g/mol. The average Bonchev–Trinajstić information content (AvgIpc) is 2.89. The Labute approximate surface area is 215 Å². The smallest absolute Gasteiger partial charge is 0.353 e. The zero-order valence-corrected chi connectivity index (χ0v) is 20.8. The van der Waals surface area contributed by atoms with Crippen LogP contribution in [0.1, 0.15) is 18.9 Å². The molecule has 2 N–H and O–H groups in total. The summed E-state index contributed by atoms with van der Waals surface area (Å²) in [5.41, 5.74) is 1.80. The molecule has 1 aliphatic rings. The number of piperazine rings is 1. The first-order chi connectivity index (χ1) is 18.0. The first kappa shape index (κ1) is 25.8. The van der Waals surface area contributed by atoms with Gasteiger partial charge < -0.3 is 20.3 Å². The van der Waals surface area contributed by atoms with E-state index in [1.807, 2.05) is 23.1 Å². The molecule has 1 fully saturated rings. The molecule has 0 saturated carbocycles. The minimum absolute atomic E-state index is 0.108. The van der Waals surface area contributed by atoms with Crippen LogP contribution in [0.25, 0.3) is 0 Å². The average molecular weight is 506 g/mol. The van der Waals surface area contributed by atoms with Crippen LogP contribution in [0.5, 0.6) is 5.75 Å². The van der Waals surface area contributed by atoms with E-state index in [0.29, 0.717) is 49.9 Å². The molecule has 194 valence electrons. The van der Waals surface area contributed by atoms with Crippen molar-refractivity contribution in [1.82, 2.24) is 14.9 Å². The number of rotatable bonds is 11. The van der Waals surface area contributed by atoms with E-state index in [0.717, 1.165) is 19.6 Å². The number of hydrogen-bond donors (Lipinski definition) is 2. The van der Waals surface area contributed by atoms with Crippen molar-refractivity contribution in [2.45, 2.75) is 19.9 Å². The largest absolute Gasteiger partial charge is 0.493 e. The van der Waals surface area contributed by atoms with Gasteiger partial charge in [-0.05, 0) is 24.1 Å². The molecule has 0 radical (unpaired) electrons. The predicted octanol–water partition coefficient (Wildman–Crippen LogP) is 3.55. The molecular weight excluding hydrogens is 474 g/mol. The minimum atomic E-state index is -0.419. The van der Waals surface area contributed by atoms with Crippen molar-refractivity contribution < 1.29 is 14.5 Å². The molecule has 1 aliphatic heterocycles. The third-order valence-electron chi connectivity index (χ3n) is 5.94. The molecular formula is C26H31N7O4. The maximum Gasteiger partial charge on any atom is 0.353 e. The lowest BCUT2D eigenvalue weighted by atomic mass is 10.2. The van der Waals surface area contributed by atoms with E-state index in [9.17, 15) is 14.9 Å². The molecule has 37 heavy (non-hydrogen) atoms. The van der Waals surface area contributed by atoms with E-state index in [2.05, 4.69) is 37.6 Å². The van der Waals surface area contributed by atoms with Gasteiger partial charge in [0.05, 0.1) is 11.5 Å². The quantitative estimate of drug-likeness (QED) is 0.229. The van der Waals surface area contributed by atoms with Crippen molar-refractivity contribution in [3.63, 3.8) is 0 Å². The van der Waals surface area contributed by atoms with Gasteiger partial charge in [0.25, 0.3) is 0 Å². The fraction of sp³-hybridized carbons (Fsp3) is 0.346. The molecule has 2 heterocycles. The number of ether oxygens (including phenoxy) is 1. The molecule has 0 unspecified atom stereocenters. The predicted molar refractivity (Wildman–Crippen MR) is 142 cm³/mol. The van der Waals surface area contributed by atoms with Gasteiger partial charge in [-0.25, -0.2) is 9.97 Å². The number of anilines is 3. The van der Waals surface area contributed by atoms with Crippen LogP contribution in [0.15, 0.2) is 60.9 Å². The highest BCUT2D eigenvalue weighted by molar-refractivity contribution is 5.88. The molecule has 11 nitrogen and oxygen atoms in total. The molecule has 11 heteroatoms. The van der Waals surface area contributed by atoms with E-state index in [1.165, 1.54) is 18.8 Å². The van der Waals surface area contributed by atoms with E-state index in [-0.39, 0.29) is 17.4 Å². The highest BCUT2D eigenvalue weighted by atomic mass is 16.6. The Morgan fingerprint density at radius 2 is 1.86 bits per heavy atom. The van der Waals surface area contributed by atoms with Gasteiger partial charge in [0.2, 0.25) is 17.5 Å². The van der Waals surface area contributed by atoms with Crippen molar-refractivity contribution >= 4 is 28.9 Å². The van der Waals surface area contributed by atoms with Crippen molar-refractivity contribution in [1.29, 1.82) is 0 Å². The van der Waals surface area contributed by atoms with Gasteiger partial charge in [-0.3, -0.25) is 19.8 Å². The summed E-state index contributed by atoms with van der Waals surface area (Å²) in [5, 5.41) is 17.8. The lowest BCUT2D eigenvalue weighted by Crippen LogP contribution is -2.46. The number of carbonyl (C=O) groups excluding carboxylic acids is 1. The third-order valence-corrected chi connectivity index (χ3v) is 5.94. The van der Waals surface area contributed by atoms with Crippen LogP contribution in [0.4, 0.5) is 23.0 Å². The Morgan fingerprint density at radius 1 is 1.08 bits per heavy atom. The van der Waals surface area contributed by atoms with Gasteiger partial charge in [0.1, 0.15) is 12.1 Å². The molecule has 1 saturated heterocycles. The maximum atomic E-state index is 12.0. The van der Waals surface area contributed by atoms with Crippen molar-refractivity contribution in [2.24, 2.45) is 0 Å². The summed E-state index contributed by atoms with van der Waals surface area (Å²) in [6, 6.07) is 17.4. The summed E-state index contributed by atoms with van der Waals surface area (Å²) < 4.78 is 5.74. The second-order valence-electron chi connectivity index (χ2n) is 8.74. The lowest BCUT2D eigenvalue weighted by Gasteiger charge is -2.35. The number of benzene rings is 2. The molecule has 4 rings (SSSR count). The van der Waals surface area contributed by atoms with E-state index in [1.54, 1.807) is 24.3 Å². The Bertz CT molecular complexity index is 1200. The number of hydrogen-bond acceptors (Lipinski definition) is 9. The van der Waals surface area contributed by atoms with Crippen LogP contribution in [0.2, 0.25) is 0 Å². The number of amides is 1. The summed E-state index contributed by atoms with van der Waals surface area (Å²) >= 11 is 0. The normalized spacial score (nSPS) is 13.7. The molecule has 0 spiro atoms. The van der Waals surface area contributed by atoms with E-state index < -0.39 is 4.92 Å². The Hall–Kier alpha value is -4.25. The van der Waals surface area contributed by atoms with Gasteiger partial charge in [0.15, 0.2) is 0 Å². The highest BCUT2D eigenvalue weighted by Crippen LogP contribution is 2.32. The SMILES string of the molecule is CC(=O)Nc1cccc(OCCCNc2ncnc(N3CCN(Cc4ccccc4)CC3)c2[N+](=O)[O-])c1. The first-order valence-corrected chi connectivity index (χ1v) is 12.2. The molecule has 1 aromatic heterocycles. The van der Waals surface area contributed by atoms with Crippen molar-refractivity contribution in [3.05, 3.63) is 76.6 Å². The van der Waals surface area contributed by atoms with E-state index >= 15 is 0 Å². The van der Waals surface area contributed by atoms with Crippen molar-refractivity contribution in [2.75, 3.05) is 54.9 Å². The fourth-order valence-corrected chi connectivity index (χ4v) is 4.19. The van der Waals surface area contributed by atoms with Crippen LogP contribution in [-0.4, -0.2) is 65.0 Å². The Morgan fingerprint density at radius 3 is 2.59 bits per heavy atom. The summed E-state index contributed by atoms with van der Waals surface area (Å²) in [5.74, 6) is 1.02. The zero-order valence-electron chi connectivity index (χ0n) is 20.8. The first-order valence-electron chi connectivity index (χ1n) is 12.2. The Balaban J connectivity index is 1.30. The molecule has 2 aromatic carbocycles. The van der Waals surface area contributed by atoms with Gasteiger partial charge in [-0.15, -0.1) is 0 Å². The van der Waals surface area contributed by atoms with Crippen LogP contribution in [-0.2, 0) is 11.3 Å². The minimum Gasteiger partial charge on any atom is -0.493 e. The number of nitrogens with zero attached hydrogens (tertiary/aromatic N) is 5. The van der Waals surface area contributed by atoms with Crippen molar-refractivity contribution in [3.8, 4) is 5.75 Å². The van der Waals surface area contributed by atoms with Gasteiger partial charge in [0, 0.05) is 57.9 Å². The zero-order chi connectivity index (χ0) is 26.0. The van der Waals surface area contributed by atoms with Crippen LogP contribution < -0.4 is 20.3 Å². The summed E-state index contributed by atoms with van der Waals surface area (Å²) in [4.78, 5) is 35.5. The van der Waals surface area contributed by atoms with E-state index in [4.69, 9.17) is 4.74 Å². The number of nitro groups is 1. The second-order valence-corrected chi connectivity index (χ2v) is 8.74. The Kier molecular flexibility index (Phi) is 8.82. The highest BCUT2D eigenvalue weighted by Gasteiger charge is 2.29. The standard InChI is InChI=1S/C26H31N7O4/c1-20(34)30-22-9-5-10-23(17-22)37-16-6-11-27-25-24(33(35)36)26(29-19-28-25)32-14-12-31(13-15-32)18-21-7-3-2-4-8-21/h2-5,7-10,17,19H,6,11-16,18H2,1H3,(H,30,34)(H,27,28,29). The molecule has 0 atom stereocenters. The van der Waals surface area contributed by atoms with Crippen LogP contribution in [0.3, 0.4) is 0 Å². The lowest BCUT2D eigenvalue weighted by molar-refractivity contribution is -0.383. The topological polar surface area (TPSA) is 126 Å². The number of aromatic nitrogens is 2. The van der Waals surface area contributed by atoms with Crippen LogP contribution >= 0.6 is 0 Å². The molecule has 0 bridgehead atoms. The summed E-state index contributed by atoms with van der Waals surface area (Å²) in [7, 11) is 0. The second kappa shape index (κ2) is 12.6. The molecule has 1 amide bonds. The van der Waals surface area contributed by atoms with Gasteiger partial charge in [-0.2, -0.15) is 0 Å².